The quantitative estimate of drug-likeness (QED) is 0.698. The summed E-state index contributed by atoms with van der Waals surface area (Å²) in [6, 6.07) is 11.7. The maximum Gasteiger partial charge on any atom is 0.419 e. The van der Waals surface area contributed by atoms with E-state index in [9.17, 15) is 13.2 Å². The molecular weight excluding hydrogens is 382 g/mol. The Hall–Kier alpha value is -2.62. The number of nitrogens with one attached hydrogen (secondary N) is 1. The Bertz CT molecular complexity index is 1140. The Morgan fingerprint density at radius 1 is 1.07 bits per heavy atom. The average Bonchev–Trinajstić information content (AvgIpc) is 2.97. The molecule has 0 radical (unpaired) electrons. The van der Waals surface area contributed by atoms with Crippen LogP contribution in [0.2, 0.25) is 0 Å². The number of nitrogens with zero attached hydrogens (tertiary/aromatic N) is 2. The second-order valence-corrected chi connectivity index (χ2v) is 8.43. The van der Waals surface area contributed by atoms with Crippen LogP contribution in [0.25, 0.3) is 11.1 Å². The molecule has 1 N–H and O–H groups in total. The van der Waals surface area contributed by atoms with Crippen LogP contribution >= 0.6 is 0 Å². The number of ether oxygens (including phenoxy) is 1. The Kier molecular flexibility index (Phi) is 4.96. The summed E-state index contributed by atoms with van der Waals surface area (Å²) in [6.45, 7) is 4.08. The Balaban J connectivity index is 1.50. The molecule has 0 saturated carbocycles. The van der Waals surface area contributed by atoms with E-state index < -0.39 is 15.8 Å². The van der Waals surface area contributed by atoms with E-state index in [-0.39, 0.29) is 10.5 Å². The molecule has 4 rings (SSSR count). The zero-order valence-electron chi connectivity index (χ0n) is 15.4. The van der Waals surface area contributed by atoms with E-state index in [4.69, 9.17) is 9.15 Å². The Morgan fingerprint density at radius 3 is 2.50 bits per heavy atom. The highest BCUT2D eigenvalue weighted by Crippen LogP contribution is 2.21. The first-order valence-corrected chi connectivity index (χ1v) is 10.4. The third-order valence-electron chi connectivity index (χ3n) is 4.79. The normalized spacial score (nSPS) is 15.8. The molecule has 1 aliphatic heterocycles. The van der Waals surface area contributed by atoms with Gasteiger partial charge in [-0.05, 0) is 29.8 Å². The van der Waals surface area contributed by atoms with E-state index in [1.165, 1.54) is 16.7 Å². The maximum absolute atomic E-state index is 12.7. The van der Waals surface area contributed by atoms with Gasteiger partial charge in [0, 0.05) is 38.4 Å². The number of fused-ring (bicyclic) bond motifs is 1. The number of anilines is 1. The number of sulfonamides is 1. The topological polar surface area (TPSA) is 93.8 Å². The summed E-state index contributed by atoms with van der Waals surface area (Å²) in [6.07, 6.45) is 0. The standard InChI is InChI=1S/C19H21N3O5S/c1-21-17-7-6-16(12-18(17)27-19(21)23)28(24,25)20-15-4-2-14(3-5-15)13-22-8-10-26-11-9-22/h2-7,12,20H,8-11,13H2,1H3. The van der Waals surface area contributed by atoms with Gasteiger partial charge in [0.25, 0.3) is 10.0 Å². The molecule has 0 amide bonds. The molecule has 1 fully saturated rings. The van der Waals surface area contributed by atoms with Gasteiger partial charge in [-0.1, -0.05) is 12.1 Å². The second kappa shape index (κ2) is 7.42. The number of benzene rings is 2. The van der Waals surface area contributed by atoms with Gasteiger partial charge in [-0.2, -0.15) is 0 Å². The van der Waals surface area contributed by atoms with Crippen LogP contribution in [0.4, 0.5) is 5.69 Å². The average molecular weight is 403 g/mol. The van der Waals surface area contributed by atoms with Crippen molar-refractivity contribution in [1.29, 1.82) is 0 Å². The predicted molar refractivity (Wildman–Crippen MR) is 105 cm³/mol. The molecule has 3 aromatic rings. The lowest BCUT2D eigenvalue weighted by Crippen LogP contribution is -2.35. The van der Waals surface area contributed by atoms with Crippen molar-refractivity contribution in [3.05, 3.63) is 58.6 Å². The minimum absolute atomic E-state index is 0.0340. The molecule has 148 valence electrons. The van der Waals surface area contributed by atoms with Gasteiger partial charge < -0.3 is 9.15 Å². The van der Waals surface area contributed by atoms with Crippen molar-refractivity contribution in [2.24, 2.45) is 7.05 Å². The first-order chi connectivity index (χ1) is 13.4. The van der Waals surface area contributed by atoms with Crippen molar-refractivity contribution < 1.29 is 17.6 Å². The summed E-state index contributed by atoms with van der Waals surface area (Å²) in [5, 5.41) is 0. The second-order valence-electron chi connectivity index (χ2n) is 6.75. The van der Waals surface area contributed by atoms with Crippen LogP contribution in [-0.4, -0.2) is 44.2 Å². The smallest absolute Gasteiger partial charge is 0.408 e. The van der Waals surface area contributed by atoms with E-state index in [0.717, 1.165) is 38.4 Å². The molecule has 1 saturated heterocycles. The van der Waals surface area contributed by atoms with Crippen molar-refractivity contribution in [2.45, 2.75) is 11.4 Å². The SMILES string of the molecule is Cn1c(=O)oc2cc(S(=O)(=O)Nc3ccc(CN4CCOCC4)cc3)ccc21. The molecule has 0 unspecified atom stereocenters. The van der Waals surface area contributed by atoms with Gasteiger partial charge in [0.2, 0.25) is 0 Å². The summed E-state index contributed by atoms with van der Waals surface area (Å²) in [5.41, 5.74) is 2.35. The Morgan fingerprint density at radius 2 is 1.79 bits per heavy atom. The third kappa shape index (κ3) is 3.82. The number of hydrogen-bond acceptors (Lipinski definition) is 6. The fourth-order valence-electron chi connectivity index (χ4n) is 3.19. The number of oxazole rings is 1. The zero-order chi connectivity index (χ0) is 19.7. The summed E-state index contributed by atoms with van der Waals surface area (Å²) >= 11 is 0. The molecule has 0 aliphatic carbocycles. The first-order valence-electron chi connectivity index (χ1n) is 8.94. The molecule has 1 aromatic heterocycles. The predicted octanol–water partition coefficient (Wildman–Crippen LogP) is 1.76. The first kappa shape index (κ1) is 18.7. The fraction of sp³-hybridized carbons (Fsp3) is 0.316. The van der Waals surface area contributed by atoms with Gasteiger partial charge >= 0.3 is 5.76 Å². The van der Waals surface area contributed by atoms with Gasteiger partial charge in [0.15, 0.2) is 5.58 Å². The van der Waals surface area contributed by atoms with Crippen LogP contribution in [0.3, 0.4) is 0 Å². The van der Waals surface area contributed by atoms with E-state index in [0.29, 0.717) is 11.2 Å². The lowest BCUT2D eigenvalue weighted by atomic mass is 10.2. The van der Waals surface area contributed by atoms with Crippen molar-refractivity contribution in [1.82, 2.24) is 9.47 Å². The number of hydrogen-bond donors (Lipinski definition) is 1. The number of aromatic nitrogens is 1. The monoisotopic (exact) mass is 403 g/mol. The minimum atomic E-state index is -3.80. The van der Waals surface area contributed by atoms with Gasteiger partial charge in [0.05, 0.1) is 23.6 Å². The molecule has 0 atom stereocenters. The zero-order valence-corrected chi connectivity index (χ0v) is 16.2. The van der Waals surface area contributed by atoms with E-state index in [1.807, 2.05) is 12.1 Å². The fourth-order valence-corrected chi connectivity index (χ4v) is 4.26. The van der Waals surface area contributed by atoms with Gasteiger partial charge in [-0.25, -0.2) is 13.2 Å². The lowest BCUT2D eigenvalue weighted by Gasteiger charge is -2.26. The van der Waals surface area contributed by atoms with Gasteiger partial charge in [0.1, 0.15) is 0 Å². The van der Waals surface area contributed by atoms with E-state index >= 15 is 0 Å². The maximum atomic E-state index is 12.7. The molecule has 0 bridgehead atoms. The third-order valence-corrected chi connectivity index (χ3v) is 6.17. The minimum Gasteiger partial charge on any atom is -0.408 e. The lowest BCUT2D eigenvalue weighted by molar-refractivity contribution is 0.0342. The van der Waals surface area contributed by atoms with E-state index in [2.05, 4.69) is 9.62 Å². The highest BCUT2D eigenvalue weighted by molar-refractivity contribution is 7.92. The molecule has 8 nitrogen and oxygen atoms in total. The van der Waals surface area contributed by atoms with Gasteiger partial charge in [-0.3, -0.25) is 14.2 Å². The van der Waals surface area contributed by atoms with Crippen molar-refractivity contribution >= 4 is 26.8 Å². The summed E-state index contributed by atoms with van der Waals surface area (Å²) in [4.78, 5) is 13.9. The van der Waals surface area contributed by atoms with Crippen LogP contribution in [-0.2, 0) is 28.4 Å². The summed E-state index contributed by atoms with van der Waals surface area (Å²) < 4.78 is 39.7. The summed E-state index contributed by atoms with van der Waals surface area (Å²) in [5.74, 6) is -0.534. The number of aryl methyl sites for hydroxylation is 1. The molecule has 2 heterocycles. The molecule has 0 spiro atoms. The molecule has 9 heteroatoms. The van der Waals surface area contributed by atoms with Gasteiger partial charge in [-0.15, -0.1) is 0 Å². The highest BCUT2D eigenvalue weighted by atomic mass is 32.2. The molecular formula is C19H21N3O5S. The van der Waals surface area contributed by atoms with E-state index in [1.54, 1.807) is 25.2 Å². The van der Waals surface area contributed by atoms with Crippen molar-refractivity contribution in [3.8, 4) is 0 Å². The van der Waals surface area contributed by atoms with Crippen LogP contribution in [0, 0.1) is 0 Å². The van der Waals surface area contributed by atoms with Crippen LogP contribution < -0.4 is 10.5 Å². The largest absolute Gasteiger partial charge is 0.419 e. The van der Waals surface area contributed by atoms with Crippen molar-refractivity contribution in [3.63, 3.8) is 0 Å². The number of rotatable bonds is 5. The molecule has 2 aromatic carbocycles. The van der Waals surface area contributed by atoms with Crippen LogP contribution in [0.15, 0.2) is 56.6 Å². The van der Waals surface area contributed by atoms with Crippen LogP contribution in [0.1, 0.15) is 5.56 Å². The highest BCUT2D eigenvalue weighted by Gasteiger charge is 2.17. The van der Waals surface area contributed by atoms with Crippen molar-refractivity contribution in [2.75, 3.05) is 31.0 Å². The summed E-state index contributed by atoms with van der Waals surface area (Å²) in [7, 11) is -2.23. The molecule has 1 aliphatic rings. The Labute approximate surface area is 162 Å². The van der Waals surface area contributed by atoms with Crippen LogP contribution in [0.5, 0.6) is 0 Å². The number of morpholine rings is 1. The molecule has 28 heavy (non-hydrogen) atoms.